The second kappa shape index (κ2) is 7.75. The Balaban J connectivity index is 1.62. The van der Waals surface area contributed by atoms with Gasteiger partial charge in [0.15, 0.2) is 0 Å². The van der Waals surface area contributed by atoms with E-state index in [2.05, 4.69) is 27.6 Å². The molecular weight excluding hydrogens is 365 g/mol. The summed E-state index contributed by atoms with van der Waals surface area (Å²) < 4.78 is 0. The van der Waals surface area contributed by atoms with Crippen LogP contribution in [0.25, 0.3) is 0 Å². The number of nitrogens with one attached hydrogen (secondary N) is 1. The van der Waals surface area contributed by atoms with Gasteiger partial charge in [-0.05, 0) is 30.2 Å². The van der Waals surface area contributed by atoms with Crippen LogP contribution in [-0.4, -0.2) is 16.1 Å². The fraction of sp³-hybridized carbons (Fsp3) is 0.118. The van der Waals surface area contributed by atoms with Crippen LogP contribution in [0.1, 0.15) is 20.9 Å². The summed E-state index contributed by atoms with van der Waals surface area (Å²) in [5.74, 6) is -0.331. The first-order chi connectivity index (χ1) is 11.6. The monoisotopic (exact) mass is 377 g/mol. The normalized spacial score (nSPS) is 10.6. The molecule has 1 aromatic heterocycles. The van der Waals surface area contributed by atoms with Crippen molar-refractivity contribution in [2.45, 2.75) is 12.8 Å². The minimum atomic E-state index is -0.331. The van der Waals surface area contributed by atoms with Crippen molar-refractivity contribution in [3.05, 3.63) is 74.7 Å². The molecule has 0 fully saturated rings. The standard InChI is InChI=1S/C17H13Cl2N3OS/c18-12-7-8-13(14(19)10-12)16(23)20-17-22-21-15(24-17)9-6-11-4-2-1-3-5-11/h1-5,7-8,10H,6,9H2,(H,20,22,23). The van der Waals surface area contributed by atoms with Gasteiger partial charge < -0.3 is 0 Å². The quantitative estimate of drug-likeness (QED) is 0.688. The summed E-state index contributed by atoms with van der Waals surface area (Å²) in [5.41, 5.74) is 1.59. The Bertz CT molecular complexity index is 852. The van der Waals surface area contributed by atoms with Gasteiger partial charge in [-0.15, -0.1) is 10.2 Å². The van der Waals surface area contributed by atoms with Crippen LogP contribution in [0, 0.1) is 0 Å². The number of nitrogens with zero attached hydrogens (tertiary/aromatic N) is 2. The van der Waals surface area contributed by atoms with E-state index in [1.807, 2.05) is 18.2 Å². The van der Waals surface area contributed by atoms with Crippen LogP contribution in [0.3, 0.4) is 0 Å². The van der Waals surface area contributed by atoms with E-state index >= 15 is 0 Å². The SMILES string of the molecule is O=C(Nc1nnc(CCc2ccccc2)s1)c1ccc(Cl)cc1Cl. The molecule has 1 N–H and O–H groups in total. The van der Waals surface area contributed by atoms with Crippen molar-refractivity contribution in [2.75, 3.05) is 5.32 Å². The van der Waals surface area contributed by atoms with Crippen LogP contribution >= 0.6 is 34.5 Å². The number of anilines is 1. The second-order valence-corrected chi connectivity index (χ2v) is 6.97. The number of carbonyl (C=O) groups is 1. The highest BCUT2D eigenvalue weighted by Gasteiger charge is 2.13. The molecule has 3 aromatic rings. The summed E-state index contributed by atoms with van der Waals surface area (Å²) in [6.45, 7) is 0. The maximum absolute atomic E-state index is 12.2. The Morgan fingerprint density at radius 2 is 1.83 bits per heavy atom. The average Bonchev–Trinajstić information content (AvgIpc) is 3.01. The van der Waals surface area contributed by atoms with Gasteiger partial charge in [0.2, 0.25) is 5.13 Å². The summed E-state index contributed by atoms with van der Waals surface area (Å²) in [7, 11) is 0. The number of benzene rings is 2. The second-order valence-electron chi connectivity index (χ2n) is 5.06. The summed E-state index contributed by atoms with van der Waals surface area (Å²) >= 11 is 13.2. The number of hydrogen-bond acceptors (Lipinski definition) is 4. The zero-order valence-electron chi connectivity index (χ0n) is 12.5. The number of carbonyl (C=O) groups excluding carboxylic acids is 1. The molecule has 0 aliphatic carbocycles. The van der Waals surface area contributed by atoms with Crippen molar-refractivity contribution >= 4 is 45.6 Å². The Kier molecular flexibility index (Phi) is 5.45. The summed E-state index contributed by atoms with van der Waals surface area (Å²) in [6.07, 6.45) is 1.66. The molecule has 0 aliphatic rings. The topological polar surface area (TPSA) is 54.9 Å². The zero-order chi connectivity index (χ0) is 16.9. The minimum absolute atomic E-state index is 0.300. The van der Waals surface area contributed by atoms with E-state index in [1.54, 1.807) is 12.1 Å². The molecule has 4 nitrogen and oxygen atoms in total. The van der Waals surface area contributed by atoms with Crippen molar-refractivity contribution in [1.82, 2.24) is 10.2 Å². The van der Waals surface area contributed by atoms with Crippen molar-refractivity contribution in [1.29, 1.82) is 0 Å². The van der Waals surface area contributed by atoms with Gasteiger partial charge in [0.05, 0.1) is 10.6 Å². The highest BCUT2D eigenvalue weighted by molar-refractivity contribution is 7.15. The van der Waals surface area contributed by atoms with E-state index < -0.39 is 0 Å². The van der Waals surface area contributed by atoms with Crippen LogP contribution in [-0.2, 0) is 12.8 Å². The van der Waals surface area contributed by atoms with E-state index in [0.717, 1.165) is 17.8 Å². The maximum atomic E-state index is 12.2. The number of halogens is 2. The van der Waals surface area contributed by atoms with Crippen LogP contribution in [0.2, 0.25) is 10.0 Å². The van der Waals surface area contributed by atoms with E-state index in [1.165, 1.54) is 23.0 Å². The number of aromatic nitrogens is 2. The van der Waals surface area contributed by atoms with Crippen molar-refractivity contribution < 1.29 is 4.79 Å². The smallest absolute Gasteiger partial charge is 0.259 e. The Morgan fingerprint density at radius 3 is 2.58 bits per heavy atom. The lowest BCUT2D eigenvalue weighted by atomic mass is 10.1. The van der Waals surface area contributed by atoms with Crippen molar-refractivity contribution in [2.24, 2.45) is 0 Å². The highest BCUT2D eigenvalue weighted by Crippen LogP contribution is 2.23. The lowest BCUT2D eigenvalue weighted by molar-refractivity contribution is 0.102. The molecule has 0 aliphatic heterocycles. The van der Waals surface area contributed by atoms with Gasteiger partial charge in [0.1, 0.15) is 5.01 Å². The molecule has 0 spiro atoms. The van der Waals surface area contributed by atoms with Gasteiger partial charge in [-0.2, -0.15) is 0 Å². The largest absolute Gasteiger partial charge is 0.296 e. The molecule has 0 radical (unpaired) electrons. The Hall–Kier alpha value is -1.95. The minimum Gasteiger partial charge on any atom is -0.296 e. The van der Waals surface area contributed by atoms with Gasteiger partial charge in [-0.25, -0.2) is 0 Å². The third-order valence-electron chi connectivity index (χ3n) is 3.33. The highest BCUT2D eigenvalue weighted by atomic mass is 35.5. The molecule has 122 valence electrons. The molecule has 24 heavy (non-hydrogen) atoms. The van der Waals surface area contributed by atoms with Crippen LogP contribution in [0.5, 0.6) is 0 Å². The molecule has 0 atom stereocenters. The van der Waals surface area contributed by atoms with Gasteiger partial charge in [0.25, 0.3) is 5.91 Å². The molecule has 2 aromatic carbocycles. The molecule has 0 unspecified atom stereocenters. The van der Waals surface area contributed by atoms with Crippen molar-refractivity contribution in [3.63, 3.8) is 0 Å². The number of hydrogen-bond donors (Lipinski definition) is 1. The number of rotatable bonds is 5. The molecule has 0 saturated carbocycles. The Morgan fingerprint density at radius 1 is 1.04 bits per heavy atom. The lowest BCUT2D eigenvalue weighted by Gasteiger charge is -2.03. The Labute approximate surface area is 153 Å². The third-order valence-corrected chi connectivity index (χ3v) is 4.78. The molecule has 3 rings (SSSR count). The first-order valence-corrected chi connectivity index (χ1v) is 8.82. The predicted molar refractivity (Wildman–Crippen MR) is 98.2 cm³/mol. The summed E-state index contributed by atoms with van der Waals surface area (Å²) in [6, 6.07) is 14.9. The lowest BCUT2D eigenvalue weighted by Crippen LogP contribution is -2.12. The van der Waals surface area contributed by atoms with Crippen LogP contribution < -0.4 is 5.32 Å². The van der Waals surface area contributed by atoms with E-state index in [-0.39, 0.29) is 5.91 Å². The molecule has 7 heteroatoms. The van der Waals surface area contributed by atoms with Crippen LogP contribution in [0.15, 0.2) is 48.5 Å². The van der Waals surface area contributed by atoms with Gasteiger partial charge in [0, 0.05) is 11.4 Å². The molecular formula is C17H13Cl2N3OS. The average molecular weight is 378 g/mol. The number of amides is 1. The van der Waals surface area contributed by atoms with Crippen molar-refractivity contribution in [3.8, 4) is 0 Å². The number of aryl methyl sites for hydroxylation is 2. The predicted octanol–water partition coefficient (Wildman–Crippen LogP) is 4.88. The maximum Gasteiger partial charge on any atom is 0.259 e. The molecule has 0 bridgehead atoms. The molecule has 1 amide bonds. The van der Waals surface area contributed by atoms with E-state index in [9.17, 15) is 4.79 Å². The first kappa shape index (κ1) is 16.9. The van der Waals surface area contributed by atoms with E-state index in [0.29, 0.717) is 20.7 Å². The molecule has 0 saturated heterocycles. The first-order valence-electron chi connectivity index (χ1n) is 7.24. The van der Waals surface area contributed by atoms with Gasteiger partial charge in [-0.3, -0.25) is 10.1 Å². The molecule has 1 heterocycles. The van der Waals surface area contributed by atoms with Crippen LogP contribution in [0.4, 0.5) is 5.13 Å². The third kappa shape index (κ3) is 4.32. The zero-order valence-corrected chi connectivity index (χ0v) is 14.8. The summed E-state index contributed by atoms with van der Waals surface area (Å²) in [4.78, 5) is 12.2. The fourth-order valence-corrected chi connectivity index (χ4v) is 3.37. The summed E-state index contributed by atoms with van der Waals surface area (Å²) in [5, 5.41) is 12.9. The van der Waals surface area contributed by atoms with Gasteiger partial charge in [-0.1, -0.05) is 64.9 Å². The van der Waals surface area contributed by atoms with E-state index in [4.69, 9.17) is 23.2 Å². The fourth-order valence-electron chi connectivity index (χ4n) is 2.14. The van der Waals surface area contributed by atoms with Gasteiger partial charge >= 0.3 is 0 Å².